The van der Waals surface area contributed by atoms with Crippen LogP contribution in [0.5, 0.6) is 0 Å². The van der Waals surface area contributed by atoms with Gasteiger partial charge in [-0.2, -0.15) is 5.10 Å². The summed E-state index contributed by atoms with van der Waals surface area (Å²) in [5.74, 6) is 0. The van der Waals surface area contributed by atoms with Gasteiger partial charge in [-0.05, 0) is 32.4 Å². The van der Waals surface area contributed by atoms with Crippen molar-refractivity contribution in [2.45, 2.75) is 38.8 Å². The lowest BCUT2D eigenvalue weighted by Crippen LogP contribution is -2.43. The van der Waals surface area contributed by atoms with Crippen LogP contribution in [-0.4, -0.2) is 33.8 Å². The third kappa shape index (κ3) is 2.44. The molecule has 0 saturated carbocycles. The number of nitrogens with two attached hydrogens (primary N) is 1. The Balaban J connectivity index is 2.04. The lowest BCUT2D eigenvalue weighted by atomic mass is 10.0. The van der Waals surface area contributed by atoms with Gasteiger partial charge in [-0.1, -0.05) is 6.42 Å². The standard InChI is InChI=1S/C12H22N4/c1-10-7-12(15(2)14-10)9-16-6-4-3-5-11(16)8-13/h7,11H,3-6,8-9,13H2,1-2H3. The fourth-order valence-electron chi connectivity index (χ4n) is 2.56. The molecule has 1 fully saturated rings. The third-order valence-corrected chi connectivity index (χ3v) is 3.49. The molecule has 1 aromatic rings. The van der Waals surface area contributed by atoms with E-state index in [1.54, 1.807) is 0 Å². The Labute approximate surface area is 97.4 Å². The second kappa shape index (κ2) is 4.97. The number of aromatic nitrogens is 2. The van der Waals surface area contributed by atoms with Crippen LogP contribution in [0.3, 0.4) is 0 Å². The summed E-state index contributed by atoms with van der Waals surface area (Å²) in [6.07, 6.45) is 3.86. The van der Waals surface area contributed by atoms with Gasteiger partial charge in [0.1, 0.15) is 0 Å². The van der Waals surface area contributed by atoms with Crippen molar-refractivity contribution in [3.63, 3.8) is 0 Å². The Kier molecular flexibility index (Phi) is 3.61. The van der Waals surface area contributed by atoms with Crippen molar-refractivity contribution < 1.29 is 0 Å². The molecule has 4 nitrogen and oxygen atoms in total. The van der Waals surface area contributed by atoms with Gasteiger partial charge in [-0.15, -0.1) is 0 Å². The van der Waals surface area contributed by atoms with Crippen LogP contribution in [0.2, 0.25) is 0 Å². The summed E-state index contributed by atoms with van der Waals surface area (Å²) in [6, 6.07) is 2.73. The molecule has 2 rings (SSSR count). The summed E-state index contributed by atoms with van der Waals surface area (Å²) in [7, 11) is 2.02. The summed E-state index contributed by atoms with van der Waals surface area (Å²) in [5, 5.41) is 4.39. The van der Waals surface area contributed by atoms with Crippen molar-refractivity contribution in [2.24, 2.45) is 12.8 Å². The van der Waals surface area contributed by atoms with Crippen LogP contribution >= 0.6 is 0 Å². The van der Waals surface area contributed by atoms with Crippen LogP contribution in [0, 0.1) is 6.92 Å². The SMILES string of the molecule is Cc1cc(CN2CCCCC2CN)n(C)n1. The molecule has 1 aliphatic rings. The molecule has 0 spiro atoms. The molecule has 16 heavy (non-hydrogen) atoms. The van der Waals surface area contributed by atoms with Gasteiger partial charge in [0, 0.05) is 26.2 Å². The second-order valence-corrected chi connectivity index (χ2v) is 4.76. The molecule has 1 saturated heterocycles. The molecule has 0 bridgehead atoms. The third-order valence-electron chi connectivity index (χ3n) is 3.49. The second-order valence-electron chi connectivity index (χ2n) is 4.76. The van der Waals surface area contributed by atoms with Crippen molar-refractivity contribution in [1.29, 1.82) is 0 Å². The first kappa shape index (κ1) is 11.6. The number of nitrogens with zero attached hydrogens (tertiary/aromatic N) is 3. The maximum atomic E-state index is 5.83. The molecule has 0 aromatic carbocycles. The first-order valence-corrected chi connectivity index (χ1v) is 6.14. The normalized spacial score (nSPS) is 22.6. The minimum atomic E-state index is 0.559. The number of piperidine rings is 1. The largest absolute Gasteiger partial charge is 0.329 e. The van der Waals surface area contributed by atoms with Crippen LogP contribution in [-0.2, 0) is 13.6 Å². The average molecular weight is 222 g/mol. The highest BCUT2D eigenvalue weighted by Gasteiger charge is 2.21. The number of rotatable bonds is 3. The van der Waals surface area contributed by atoms with Crippen molar-refractivity contribution in [2.75, 3.05) is 13.1 Å². The predicted molar refractivity (Wildman–Crippen MR) is 65.0 cm³/mol. The smallest absolute Gasteiger partial charge is 0.0597 e. The van der Waals surface area contributed by atoms with Gasteiger partial charge < -0.3 is 5.73 Å². The van der Waals surface area contributed by atoms with E-state index in [1.807, 2.05) is 18.7 Å². The molecular weight excluding hydrogens is 200 g/mol. The minimum Gasteiger partial charge on any atom is -0.329 e. The highest BCUT2D eigenvalue weighted by atomic mass is 15.3. The molecule has 1 aromatic heterocycles. The average Bonchev–Trinajstić information content (AvgIpc) is 2.58. The summed E-state index contributed by atoms with van der Waals surface area (Å²) in [6.45, 7) is 4.97. The van der Waals surface area contributed by atoms with E-state index in [1.165, 1.54) is 31.5 Å². The maximum Gasteiger partial charge on any atom is 0.0597 e. The minimum absolute atomic E-state index is 0.559. The fraction of sp³-hybridized carbons (Fsp3) is 0.750. The molecule has 1 atom stereocenters. The van der Waals surface area contributed by atoms with E-state index >= 15 is 0 Å². The number of likely N-dealkylation sites (tertiary alicyclic amines) is 1. The van der Waals surface area contributed by atoms with Crippen LogP contribution in [0.4, 0.5) is 0 Å². The van der Waals surface area contributed by atoms with E-state index < -0.39 is 0 Å². The first-order valence-electron chi connectivity index (χ1n) is 6.14. The Morgan fingerprint density at radius 1 is 1.50 bits per heavy atom. The molecule has 0 radical (unpaired) electrons. The summed E-state index contributed by atoms with van der Waals surface area (Å²) >= 11 is 0. The van der Waals surface area contributed by atoms with E-state index in [2.05, 4.69) is 16.1 Å². The summed E-state index contributed by atoms with van der Waals surface area (Å²) in [5.41, 5.74) is 8.21. The molecule has 2 heterocycles. The topological polar surface area (TPSA) is 47.1 Å². The van der Waals surface area contributed by atoms with Crippen molar-refractivity contribution in [3.05, 3.63) is 17.5 Å². The quantitative estimate of drug-likeness (QED) is 0.831. The summed E-state index contributed by atoms with van der Waals surface area (Å²) < 4.78 is 1.98. The molecule has 4 heteroatoms. The Hall–Kier alpha value is -0.870. The van der Waals surface area contributed by atoms with Gasteiger partial charge in [-0.25, -0.2) is 0 Å². The lowest BCUT2D eigenvalue weighted by Gasteiger charge is -2.34. The van der Waals surface area contributed by atoms with Crippen LogP contribution in [0.1, 0.15) is 30.7 Å². The van der Waals surface area contributed by atoms with E-state index in [0.717, 1.165) is 18.8 Å². The first-order chi connectivity index (χ1) is 7.70. The molecule has 0 aliphatic carbocycles. The molecule has 1 unspecified atom stereocenters. The van der Waals surface area contributed by atoms with Gasteiger partial charge in [0.05, 0.1) is 11.4 Å². The van der Waals surface area contributed by atoms with Crippen LogP contribution in [0.25, 0.3) is 0 Å². The highest BCUT2D eigenvalue weighted by Crippen LogP contribution is 2.18. The monoisotopic (exact) mass is 222 g/mol. The Bertz CT molecular complexity index is 345. The number of aryl methyl sites for hydroxylation is 2. The van der Waals surface area contributed by atoms with Crippen molar-refractivity contribution >= 4 is 0 Å². The molecule has 90 valence electrons. The zero-order chi connectivity index (χ0) is 11.5. The number of hydrogen-bond donors (Lipinski definition) is 1. The van der Waals surface area contributed by atoms with Gasteiger partial charge in [-0.3, -0.25) is 9.58 Å². The van der Waals surface area contributed by atoms with E-state index in [-0.39, 0.29) is 0 Å². The van der Waals surface area contributed by atoms with Crippen LogP contribution < -0.4 is 5.73 Å². The lowest BCUT2D eigenvalue weighted by molar-refractivity contribution is 0.141. The Morgan fingerprint density at radius 2 is 2.31 bits per heavy atom. The molecule has 0 amide bonds. The van der Waals surface area contributed by atoms with E-state index in [9.17, 15) is 0 Å². The van der Waals surface area contributed by atoms with Crippen molar-refractivity contribution in [1.82, 2.24) is 14.7 Å². The summed E-state index contributed by atoms with van der Waals surface area (Å²) in [4.78, 5) is 2.50. The maximum absolute atomic E-state index is 5.83. The predicted octanol–water partition coefficient (Wildman–Crippen LogP) is 1.04. The zero-order valence-corrected chi connectivity index (χ0v) is 10.3. The van der Waals surface area contributed by atoms with Gasteiger partial charge in [0.2, 0.25) is 0 Å². The number of hydrogen-bond acceptors (Lipinski definition) is 3. The van der Waals surface area contributed by atoms with Crippen LogP contribution in [0.15, 0.2) is 6.07 Å². The van der Waals surface area contributed by atoms with E-state index in [0.29, 0.717) is 6.04 Å². The zero-order valence-electron chi connectivity index (χ0n) is 10.3. The molecule has 1 aliphatic heterocycles. The highest BCUT2D eigenvalue weighted by molar-refractivity contribution is 5.08. The van der Waals surface area contributed by atoms with Gasteiger partial charge in [0.15, 0.2) is 0 Å². The van der Waals surface area contributed by atoms with Crippen molar-refractivity contribution in [3.8, 4) is 0 Å². The van der Waals surface area contributed by atoms with Gasteiger partial charge in [0.25, 0.3) is 0 Å². The molecule has 2 N–H and O–H groups in total. The van der Waals surface area contributed by atoms with Gasteiger partial charge >= 0.3 is 0 Å². The molecular formula is C12H22N4. The van der Waals surface area contributed by atoms with E-state index in [4.69, 9.17) is 5.73 Å². The fourth-order valence-corrected chi connectivity index (χ4v) is 2.56. The Morgan fingerprint density at radius 3 is 2.94 bits per heavy atom.